The number of nitrogens with two attached hydrogens (primary N) is 1. The third-order valence-corrected chi connectivity index (χ3v) is 4.39. The Morgan fingerprint density at radius 2 is 1.57 bits per heavy atom. The van der Waals surface area contributed by atoms with Crippen molar-refractivity contribution in [2.45, 2.75) is 0 Å². The number of nitrogen functional groups attached to an aromatic ring is 1. The van der Waals surface area contributed by atoms with Crippen molar-refractivity contribution in [1.29, 1.82) is 0 Å². The zero-order valence-electron chi connectivity index (χ0n) is 12.0. The quantitative estimate of drug-likeness (QED) is 0.387. The molecule has 0 aliphatic rings. The SMILES string of the molecule is Nc1ccc2ccccc2c1N=Nc1ccccc1P(=O)(O)O. The van der Waals surface area contributed by atoms with Crippen molar-refractivity contribution in [1.82, 2.24) is 0 Å². The molecule has 0 atom stereocenters. The molecule has 7 heteroatoms. The van der Waals surface area contributed by atoms with E-state index in [2.05, 4.69) is 10.2 Å². The van der Waals surface area contributed by atoms with Crippen molar-refractivity contribution in [3.8, 4) is 0 Å². The molecule has 3 aromatic carbocycles. The zero-order valence-corrected chi connectivity index (χ0v) is 12.9. The maximum absolute atomic E-state index is 11.5. The smallest absolute Gasteiger partial charge is 0.358 e. The number of anilines is 1. The lowest BCUT2D eigenvalue weighted by Crippen LogP contribution is -2.03. The summed E-state index contributed by atoms with van der Waals surface area (Å²) in [5.74, 6) is 0. The van der Waals surface area contributed by atoms with Crippen LogP contribution in [0.3, 0.4) is 0 Å². The van der Waals surface area contributed by atoms with E-state index in [9.17, 15) is 14.4 Å². The first-order valence-corrected chi connectivity index (χ1v) is 8.42. The fourth-order valence-electron chi connectivity index (χ4n) is 2.28. The van der Waals surface area contributed by atoms with E-state index in [4.69, 9.17) is 5.73 Å². The van der Waals surface area contributed by atoms with Crippen molar-refractivity contribution < 1.29 is 14.4 Å². The number of rotatable bonds is 3. The van der Waals surface area contributed by atoms with E-state index < -0.39 is 7.60 Å². The lowest BCUT2D eigenvalue weighted by atomic mass is 10.1. The maximum Gasteiger partial charge on any atom is 0.358 e. The molecule has 0 amide bonds. The number of hydrogen-bond donors (Lipinski definition) is 3. The minimum Gasteiger partial charge on any atom is -0.397 e. The van der Waals surface area contributed by atoms with E-state index in [1.807, 2.05) is 30.3 Å². The summed E-state index contributed by atoms with van der Waals surface area (Å²) in [5.41, 5.74) is 7.01. The molecule has 23 heavy (non-hydrogen) atoms. The van der Waals surface area contributed by atoms with Gasteiger partial charge < -0.3 is 15.5 Å². The Kier molecular flexibility index (Phi) is 3.96. The Labute approximate surface area is 132 Å². The summed E-state index contributed by atoms with van der Waals surface area (Å²) < 4.78 is 11.5. The third kappa shape index (κ3) is 3.14. The van der Waals surface area contributed by atoms with Crippen molar-refractivity contribution in [3.05, 3.63) is 60.7 Å². The highest BCUT2D eigenvalue weighted by Crippen LogP contribution is 2.38. The van der Waals surface area contributed by atoms with Gasteiger partial charge in [-0.05, 0) is 23.6 Å². The molecule has 3 rings (SSSR count). The normalized spacial score (nSPS) is 12.1. The highest BCUT2D eigenvalue weighted by atomic mass is 31.2. The highest BCUT2D eigenvalue weighted by Gasteiger charge is 2.21. The van der Waals surface area contributed by atoms with E-state index in [1.165, 1.54) is 12.1 Å². The number of fused-ring (bicyclic) bond motifs is 1. The summed E-state index contributed by atoms with van der Waals surface area (Å²) >= 11 is 0. The lowest BCUT2D eigenvalue weighted by Gasteiger charge is -2.07. The van der Waals surface area contributed by atoms with E-state index in [0.717, 1.165) is 10.8 Å². The number of benzene rings is 3. The first-order valence-electron chi connectivity index (χ1n) is 6.81. The van der Waals surface area contributed by atoms with Crippen LogP contribution in [0.5, 0.6) is 0 Å². The molecule has 0 aliphatic heterocycles. The lowest BCUT2D eigenvalue weighted by molar-refractivity contribution is 0.387. The molecule has 0 heterocycles. The summed E-state index contributed by atoms with van der Waals surface area (Å²) in [6.45, 7) is 0. The van der Waals surface area contributed by atoms with Crippen LogP contribution in [0, 0.1) is 0 Å². The van der Waals surface area contributed by atoms with Crippen LogP contribution >= 0.6 is 7.60 Å². The molecule has 0 spiro atoms. The largest absolute Gasteiger partial charge is 0.397 e. The van der Waals surface area contributed by atoms with Crippen molar-refractivity contribution >= 4 is 40.7 Å². The Morgan fingerprint density at radius 3 is 2.35 bits per heavy atom. The molecule has 6 nitrogen and oxygen atoms in total. The topological polar surface area (TPSA) is 108 Å². The van der Waals surface area contributed by atoms with Gasteiger partial charge in [0.15, 0.2) is 0 Å². The molecular weight excluding hydrogens is 313 g/mol. The summed E-state index contributed by atoms with van der Waals surface area (Å²) in [6.07, 6.45) is 0. The molecular formula is C16H14N3O3P. The first-order chi connectivity index (χ1) is 11.0. The summed E-state index contributed by atoms with van der Waals surface area (Å²) in [4.78, 5) is 18.8. The molecule has 3 aromatic rings. The van der Waals surface area contributed by atoms with Crippen molar-refractivity contribution in [2.24, 2.45) is 10.2 Å². The van der Waals surface area contributed by atoms with Crippen molar-refractivity contribution in [2.75, 3.05) is 5.73 Å². The number of azo groups is 1. The second kappa shape index (κ2) is 5.93. The molecule has 0 unspecified atom stereocenters. The zero-order chi connectivity index (χ0) is 16.4. The van der Waals surface area contributed by atoms with Gasteiger partial charge in [-0.25, -0.2) is 0 Å². The third-order valence-electron chi connectivity index (χ3n) is 3.39. The number of nitrogens with zero attached hydrogens (tertiary/aromatic N) is 2. The Morgan fingerprint density at radius 1 is 0.870 bits per heavy atom. The van der Waals surface area contributed by atoms with Gasteiger partial charge in [-0.2, -0.15) is 0 Å². The summed E-state index contributed by atoms with van der Waals surface area (Å²) in [6, 6.07) is 17.2. The molecule has 0 fully saturated rings. The number of hydrogen-bond acceptors (Lipinski definition) is 4. The van der Waals surface area contributed by atoms with E-state index in [-0.39, 0.29) is 11.0 Å². The fourth-order valence-corrected chi connectivity index (χ4v) is 2.98. The molecule has 0 saturated carbocycles. The molecule has 116 valence electrons. The van der Waals surface area contributed by atoms with Crippen molar-refractivity contribution in [3.63, 3.8) is 0 Å². The van der Waals surface area contributed by atoms with Gasteiger partial charge in [0.1, 0.15) is 11.4 Å². The predicted molar refractivity (Wildman–Crippen MR) is 90.7 cm³/mol. The van der Waals surface area contributed by atoms with Crippen LogP contribution in [-0.4, -0.2) is 9.79 Å². The molecule has 0 radical (unpaired) electrons. The van der Waals surface area contributed by atoms with E-state index in [1.54, 1.807) is 18.2 Å². The summed E-state index contributed by atoms with van der Waals surface area (Å²) in [5, 5.41) is 9.76. The van der Waals surface area contributed by atoms with Crippen LogP contribution in [0.2, 0.25) is 0 Å². The van der Waals surface area contributed by atoms with Crippen LogP contribution < -0.4 is 11.0 Å². The van der Waals surface area contributed by atoms with E-state index >= 15 is 0 Å². The van der Waals surface area contributed by atoms with Gasteiger partial charge in [0.25, 0.3) is 0 Å². The molecule has 0 bridgehead atoms. The van der Waals surface area contributed by atoms with Gasteiger partial charge >= 0.3 is 7.60 Å². The molecule has 0 aromatic heterocycles. The summed E-state index contributed by atoms with van der Waals surface area (Å²) in [7, 11) is -4.42. The van der Waals surface area contributed by atoms with Crippen LogP contribution in [0.1, 0.15) is 0 Å². The van der Waals surface area contributed by atoms with Gasteiger partial charge in [-0.15, -0.1) is 10.2 Å². The van der Waals surface area contributed by atoms with Gasteiger partial charge in [-0.3, -0.25) is 4.57 Å². The highest BCUT2D eigenvalue weighted by molar-refractivity contribution is 7.60. The molecule has 0 saturated heterocycles. The second-order valence-corrected chi connectivity index (χ2v) is 6.53. The van der Waals surface area contributed by atoms with Gasteiger partial charge in [-0.1, -0.05) is 42.5 Å². The monoisotopic (exact) mass is 327 g/mol. The van der Waals surface area contributed by atoms with Crippen LogP contribution in [0.4, 0.5) is 17.1 Å². The maximum atomic E-state index is 11.5. The molecule has 0 aliphatic carbocycles. The second-order valence-electron chi connectivity index (χ2n) is 4.96. The predicted octanol–water partition coefficient (Wildman–Crippen LogP) is 3.64. The average Bonchev–Trinajstić information content (AvgIpc) is 2.53. The Hall–Kier alpha value is -2.53. The Bertz CT molecular complexity index is 950. The first kappa shape index (κ1) is 15.4. The molecule has 4 N–H and O–H groups in total. The van der Waals surface area contributed by atoms with Gasteiger partial charge in [0, 0.05) is 5.39 Å². The minimum absolute atomic E-state index is 0.119. The van der Waals surface area contributed by atoms with Crippen LogP contribution in [0.15, 0.2) is 70.9 Å². The van der Waals surface area contributed by atoms with Gasteiger partial charge in [0.2, 0.25) is 0 Å². The standard InChI is InChI=1S/C16H14N3O3P/c17-13-10-9-11-5-1-2-6-12(11)16(13)19-18-14-7-3-4-8-15(14)23(20,21)22/h1-10H,17H2,(H2,20,21,22). The minimum atomic E-state index is -4.42. The van der Waals surface area contributed by atoms with Crippen LogP contribution in [0.25, 0.3) is 10.8 Å². The Balaban J connectivity index is 2.12. The van der Waals surface area contributed by atoms with E-state index in [0.29, 0.717) is 11.4 Å². The fraction of sp³-hybridized carbons (Fsp3) is 0. The van der Waals surface area contributed by atoms with Gasteiger partial charge in [0.05, 0.1) is 11.0 Å². The average molecular weight is 327 g/mol. The van der Waals surface area contributed by atoms with Crippen LogP contribution in [-0.2, 0) is 4.57 Å².